The van der Waals surface area contributed by atoms with E-state index >= 15 is 0 Å². The maximum absolute atomic E-state index is 11.5. The number of carbonyl (C=O) groups is 2. The molecule has 0 fully saturated rings. The highest BCUT2D eigenvalue weighted by atomic mass is 16.5. The third-order valence-electron chi connectivity index (χ3n) is 2.29. The molecule has 0 saturated heterocycles. The van der Waals surface area contributed by atoms with Crippen LogP contribution < -0.4 is 10.1 Å². The molecule has 1 amide bonds. The molecule has 1 N–H and O–H groups in total. The van der Waals surface area contributed by atoms with Gasteiger partial charge in [0, 0.05) is 12.1 Å². The molecule has 102 valence electrons. The van der Waals surface area contributed by atoms with E-state index in [-0.39, 0.29) is 18.7 Å². The Labute approximate surface area is 112 Å². The molecular weight excluding hydrogens is 246 g/mol. The van der Waals surface area contributed by atoms with Gasteiger partial charge in [-0.3, -0.25) is 9.59 Å². The lowest BCUT2D eigenvalue weighted by molar-refractivity contribution is -0.141. The lowest BCUT2D eigenvalue weighted by Gasteiger charge is -2.06. The highest BCUT2D eigenvalue weighted by molar-refractivity contribution is 5.92. The first kappa shape index (κ1) is 14.8. The molecule has 5 heteroatoms. The molecule has 1 aromatic rings. The Kier molecular flexibility index (Phi) is 6.15. The molecule has 0 bridgehead atoms. The fourth-order valence-electron chi connectivity index (χ4n) is 1.33. The maximum Gasteiger partial charge on any atom is 0.306 e. The number of nitrogens with one attached hydrogen (secondary N) is 1. The van der Waals surface area contributed by atoms with E-state index < -0.39 is 5.97 Å². The summed E-state index contributed by atoms with van der Waals surface area (Å²) in [5, 5.41) is 2.68. The van der Waals surface area contributed by atoms with Gasteiger partial charge in [0.2, 0.25) is 5.91 Å². The second-order valence-electron chi connectivity index (χ2n) is 3.75. The number of methoxy groups -OCH3 is 1. The van der Waals surface area contributed by atoms with Crippen molar-refractivity contribution < 1.29 is 19.1 Å². The van der Waals surface area contributed by atoms with Crippen LogP contribution in [-0.4, -0.2) is 25.6 Å². The summed E-state index contributed by atoms with van der Waals surface area (Å²) in [4.78, 5) is 22.4. The summed E-state index contributed by atoms with van der Waals surface area (Å²) in [6.07, 6.45) is 1.83. The van der Waals surface area contributed by atoms with E-state index in [2.05, 4.69) is 16.6 Å². The lowest BCUT2D eigenvalue weighted by atomic mass is 10.2. The standard InChI is InChI=1S/C14H17NO4/c1-3-10-19-12-6-4-11(5-7-12)15-13(16)8-9-14(17)18-2/h3-7H,1,8-10H2,2H3,(H,15,16). The maximum atomic E-state index is 11.5. The zero-order chi connectivity index (χ0) is 14.1. The van der Waals surface area contributed by atoms with Gasteiger partial charge in [-0.1, -0.05) is 12.7 Å². The van der Waals surface area contributed by atoms with Crippen molar-refractivity contribution in [2.45, 2.75) is 12.8 Å². The van der Waals surface area contributed by atoms with Gasteiger partial charge in [0.25, 0.3) is 0 Å². The Morgan fingerprint density at radius 3 is 2.53 bits per heavy atom. The molecule has 1 aromatic carbocycles. The number of hydrogen-bond acceptors (Lipinski definition) is 4. The zero-order valence-corrected chi connectivity index (χ0v) is 10.8. The fraction of sp³-hybridized carbons (Fsp3) is 0.286. The Morgan fingerprint density at radius 2 is 1.95 bits per heavy atom. The first-order valence-corrected chi connectivity index (χ1v) is 5.86. The molecule has 0 saturated carbocycles. The number of benzene rings is 1. The van der Waals surface area contributed by atoms with Crippen LogP contribution >= 0.6 is 0 Å². The van der Waals surface area contributed by atoms with Gasteiger partial charge in [0.1, 0.15) is 12.4 Å². The number of hydrogen-bond donors (Lipinski definition) is 1. The Bertz CT molecular complexity index is 439. The smallest absolute Gasteiger partial charge is 0.306 e. The van der Waals surface area contributed by atoms with Crippen molar-refractivity contribution in [2.75, 3.05) is 19.0 Å². The van der Waals surface area contributed by atoms with Crippen molar-refractivity contribution >= 4 is 17.6 Å². The summed E-state index contributed by atoms with van der Waals surface area (Å²) in [6, 6.07) is 6.96. The van der Waals surface area contributed by atoms with Gasteiger partial charge in [-0.05, 0) is 24.3 Å². The Morgan fingerprint density at radius 1 is 1.26 bits per heavy atom. The first-order valence-electron chi connectivity index (χ1n) is 5.86. The highest BCUT2D eigenvalue weighted by Gasteiger charge is 2.07. The summed E-state index contributed by atoms with van der Waals surface area (Å²) >= 11 is 0. The molecule has 0 aliphatic carbocycles. The van der Waals surface area contributed by atoms with Crippen molar-refractivity contribution in [3.8, 4) is 5.75 Å². The number of rotatable bonds is 7. The highest BCUT2D eigenvalue weighted by Crippen LogP contribution is 2.15. The minimum absolute atomic E-state index is 0.0723. The molecule has 0 spiro atoms. The molecule has 0 aliphatic rings. The summed E-state index contributed by atoms with van der Waals surface area (Å²) in [7, 11) is 1.29. The van der Waals surface area contributed by atoms with Crippen molar-refractivity contribution in [2.24, 2.45) is 0 Å². The van der Waals surface area contributed by atoms with E-state index in [9.17, 15) is 9.59 Å². The number of amides is 1. The predicted octanol–water partition coefficient (Wildman–Crippen LogP) is 2.14. The Balaban J connectivity index is 2.41. The van der Waals surface area contributed by atoms with E-state index in [0.717, 1.165) is 0 Å². The van der Waals surface area contributed by atoms with Crippen LogP contribution in [-0.2, 0) is 14.3 Å². The summed E-state index contributed by atoms with van der Waals surface area (Å²) in [5.74, 6) is 0.0703. The van der Waals surface area contributed by atoms with Crippen LogP contribution in [0.5, 0.6) is 5.75 Å². The van der Waals surface area contributed by atoms with Gasteiger partial charge in [0.15, 0.2) is 0 Å². The summed E-state index contributed by atoms with van der Waals surface area (Å²) in [5.41, 5.74) is 0.654. The topological polar surface area (TPSA) is 64.6 Å². The molecule has 5 nitrogen and oxygen atoms in total. The summed E-state index contributed by atoms with van der Waals surface area (Å²) < 4.78 is 9.78. The van der Waals surface area contributed by atoms with E-state index in [1.807, 2.05) is 0 Å². The average molecular weight is 263 g/mol. The van der Waals surface area contributed by atoms with Crippen molar-refractivity contribution in [1.29, 1.82) is 0 Å². The van der Waals surface area contributed by atoms with Crippen LogP contribution in [0.4, 0.5) is 5.69 Å². The molecule has 0 radical (unpaired) electrons. The third kappa shape index (κ3) is 5.72. The lowest BCUT2D eigenvalue weighted by Crippen LogP contribution is -2.13. The minimum Gasteiger partial charge on any atom is -0.490 e. The molecule has 0 heterocycles. The molecular formula is C14H17NO4. The zero-order valence-electron chi connectivity index (χ0n) is 10.8. The van der Waals surface area contributed by atoms with Crippen LogP contribution in [0.3, 0.4) is 0 Å². The molecule has 0 aliphatic heterocycles. The van der Waals surface area contributed by atoms with Gasteiger partial charge in [0.05, 0.1) is 13.5 Å². The molecule has 0 aromatic heterocycles. The van der Waals surface area contributed by atoms with E-state index in [4.69, 9.17) is 4.74 Å². The quantitative estimate of drug-likeness (QED) is 0.604. The minimum atomic E-state index is -0.400. The molecule has 0 atom stereocenters. The van der Waals surface area contributed by atoms with Gasteiger partial charge in [-0.2, -0.15) is 0 Å². The Hall–Kier alpha value is -2.30. The number of ether oxygens (including phenoxy) is 2. The van der Waals surface area contributed by atoms with Crippen LogP contribution in [0.2, 0.25) is 0 Å². The molecule has 19 heavy (non-hydrogen) atoms. The molecule has 0 unspecified atom stereocenters. The van der Waals surface area contributed by atoms with E-state index in [1.54, 1.807) is 30.3 Å². The largest absolute Gasteiger partial charge is 0.490 e. The monoisotopic (exact) mass is 263 g/mol. The SMILES string of the molecule is C=CCOc1ccc(NC(=O)CCC(=O)OC)cc1. The second-order valence-corrected chi connectivity index (χ2v) is 3.75. The first-order chi connectivity index (χ1) is 9.15. The van der Waals surface area contributed by atoms with Gasteiger partial charge in [-0.15, -0.1) is 0 Å². The van der Waals surface area contributed by atoms with Crippen molar-refractivity contribution in [1.82, 2.24) is 0 Å². The van der Waals surface area contributed by atoms with Crippen LogP contribution in [0.15, 0.2) is 36.9 Å². The van der Waals surface area contributed by atoms with Crippen molar-refractivity contribution in [3.05, 3.63) is 36.9 Å². The average Bonchev–Trinajstić information content (AvgIpc) is 2.44. The van der Waals surface area contributed by atoms with Crippen molar-refractivity contribution in [3.63, 3.8) is 0 Å². The van der Waals surface area contributed by atoms with Crippen LogP contribution in [0.1, 0.15) is 12.8 Å². The van der Waals surface area contributed by atoms with Gasteiger partial charge >= 0.3 is 5.97 Å². The van der Waals surface area contributed by atoms with E-state index in [1.165, 1.54) is 7.11 Å². The fourth-order valence-corrected chi connectivity index (χ4v) is 1.33. The van der Waals surface area contributed by atoms with Gasteiger partial charge in [-0.25, -0.2) is 0 Å². The van der Waals surface area contributed by atoms with Gasteiger partial charge < -0.3 is 14.8 Å². The van der Waals surface area contributed by atoms with Crippen LogP contribution in [0, 0.1) is 0 Å². The summed E-state index contributed by atoms with van der Waals surface area (Å²) in [6.45, 7) is 3.99. The number of esters is 1. The third-order valence-corrected chi connectivity index (χ3v) is 2.29. The number of carbonyl (C=O) groups excluding carboxylic acids is 2. The predicted molar refractivity (Wildman–Crippen MR) is 72.0 cm³/mol. The molecule has 1 rings (SSSR count). The second kappa shape index (κ2) is 7.92. The number of anilines is 1. The van der Waals surface area contributed by atoms with E-state index in [0.29, 0.717) is 18.0 Å². The van der Waals surface area contributed by atoms with Crippen LogP contribution in [0.25, 0.3) is 0 Å². The normalized spacial score (nSPS) is 9.53.